The molecule has 180 valence electrons. The molecule has 1 fully saturated rings. The molecule has 0 radical (unpaired) electrons. The van der Waals surface area contributed by atoms with Gasteiger partial charge in [0.2, 0.25) is 5.28 Å². The molecule has 2 aliphatic rings. The molecule has 1 aromatic carbocycles. The first-order valence-corrected chi connectivity index (χ1v) is 12.0. The van der Waals surface area contributed by atoms with Crippen molar-refractivity contribution < 1.29 is 26.3 Å². The molecule has 0 bridgehead atoms. The zero-order chi connectivity index (χ0) is 24.0. The molecule has 0 saturated carbocycles. The smallest absolute Gasteiger partial charge is 0.399 e. The number of alkyl halides is 3. The number of rotatable bonds is 5. The zero-order valence-corrected chi connectivity index (χ0v) is 19.0. The van der Waals surface area contributed by atoms with E-state index in [0.29, 0.717) is 12.2 Å². The lowest BCUT2D eigenvalue weighted by atomic mass is 10.0. The SMILES string of the molecule is C[C@@H](Nc1nc(Cl)nc2c1C(S(=O)(=O)C1CNCCO1)NC2)c1cc(N)cc(C(F)(F)F)c1. The third-order valence-corrected chi connectivity index (χ3v) is 7.73. The van der Waals surface area contributed by atoms with Crippen LogP contribution in [0.4, 0.5) is 24.7 Å². The summed E-state index contributed by atoms with van der Waals surface area (Å²) in [6, 6.07) is 2.52. The summed E-state index contributed by atoms with van der Waals surface area (Å²) in [5.41, 5.74) is 4.56. The van der Waals surface area contributed by atoms with Crippen LogP contribution in [0.2, 0.25) is 5.28 Å². The molecule has 2 unspecified atom stereocenters. The molecule has 33 heavy (non-hydrogen) atoms. The Hall–Kier alpha value is -2.19. The van der Waals surface area contributed by atoms with E-state index in [2.05, 4.69) is 25.9 Å². The Morgan fingerprint density at radius 1 is 1.30 bits per heavy atom. The van der Waals surface area contributed by atoms with Crippen LogP contribution in [0.15, 0.2) is 18.2 Å². The van der Waals surface area contributed by atoms with Crippen molar-refractivity contribution in [3.8, 4) is 0 Å². The van der Waals surface area contributed by atoms with Crippen LogP contribution in [0.3, 0.4) is 0 Å². The van der Waals surface area contributed by atoms with Gasteiger partial charge in [0.05, 0.1) is 23.9 Å². The number of benzene rings is 1. The minimum atomic E-state index is -4.57. The number of aromatic nitrogens is 2. The summed E-state index contributed by atoms with van der Waals surface area (Å²) in [5.74, 6) is 0.107. The van der Waals surface area contributed by atoms with Crippen LogP contribution in [0.25, 0.3) is 0 Å². The molecule has 1 saturated heterocycles. The number of hydrogen-bond donors (Lipinski definition) is 4. The first-order chi connectivity index (χ1) is 15.5. The fourth-order valence-electron chi connectivity index (χ4n) is 3.86. The molecule has 9 nitrogen and oxygen atoms in total. The number of fused-ring (bicyclic) bond motifs is 1. The van der Waals surface area contributed by atoms with Crippen molar-refractivity contribution in [2.75, 3.05) is 30.7 Å². The average molecular weight is 507 g/mol. The second-order valence-corrected chi connectivity index (χ2v) is 10.3. The molecule has 2 aromatic rings. The van der Waals surface area contributed by atoms with Crippen molar-refractivity contribution in [2.24, 2.45) is 0 Å². The van der Waals surface area contributed by atoms with E-state index in [4.69, 9.17) is 22.1 Å². The number of ether oxygens (including phenoxy) is 1. The van der Waals surface area contributed by atoms with Gasteiger partial charge in [0, 0.05) is 30.9 Å². The van der Waals surface area contributed by atoms with E-state index < -0.39 is 38.4 Å². The Morgan fingerprint density at radius 3 is 2.73 bits per heavy atom. The lowest BCUT2D eigenvalue weighted by Gasteiger charge is -2.27. The summed E-state index contributed by atoms with van der Waals surface area (Å²) in [7, 11) is -3.87. The van der Waals surface area contributed by atoms with Gasteiger partial charge < -0.3 is 21.1 Å². The summed E-state index contributed by atoms with van der Waals surface area (Å²) < 4.78 is 71.6. The van der Waals surface area contributed by atoms with E-state index in [0.717, 1.165) is 12.1 Å². The van der Waals surface area contributed by atoms with Gasteiger partial charge >= 0.3 is 6.18 Å². The van der Waals surface area contributed by atoms with Crippen molar-refractivity contribution >= 4 is 32.9 Å². The highest BCUT2D eigenvalue weighted by atomic mass is 35.5. The molecule has 14 heteroatoms. The number of nitrogens with zero attached hydrogens (tertiary/aromatic N) is 2. The highest BCUT2D eigenvalue weighted by Crippen LogP contribution is 2.38. The van der Waals surface area contributed by atoms with Gasteiger partial charge in [0.25, 0.3) is 0 Å². The summed E-state index contributed by atoms with van der Waals surface area (Å²) in [5, 5.41) is 7.60. The van der Waals surface area contributed by atoms with Crippen LogP contribution in [0.5, 0.6) is 0 Å². The molecule has 1 aromatic heterocycles. The third-order valence-electron chi connectivity index (χ3n) is 5.46. The predicted octanol–water partition coefficient (Wildman–Crippen LogP) is 2.37. The second-order valence-electron chi connectivity index (χ2n) is 7.81. The maximum Gasteiger partial charge on any atom is 0.416 e. The van der Waals surface area contributed by atoms with Crippen molar-refractivity contribution in [1.29, 1.82) is 0 Å². The van der Waals surface area contributed by atoms with Crippen LogP contribution in [0.1, 0.15) is 40.7 Å². The molecule has 2 aliphatic heterocycles. The quantitative estimate of drug-likeness (QED) is 0.356. The maximum absolute atomic E-state index is 13.3. The molecule has 0 aliphatic carbocycles. The number of nitrogen functional groups attached to an aromatic ring is 1. The van der Waals surface area contributed by atoms with Crippen molar-refractivity contribution in [2.45, 2.75) is 36.5 Å². The van der Waals surface area contributed by atoms with Crippen LogP contribution < -0.4 is 21.7 Å². The Balaban J connectivity index is 1.69. The fourth-order valence-corrected chi connectivity index (χ4v) is 5.88. The maximum atomic E-state index is 13.3. The average Bonchev–Trinajstić information content (AvgIpc) is 3.18. The zero-order valence-electron chi connectivity index (χ0n) is 17.4. The monoisotopic (exact) mass is 506 g/mol. The summed E-state index contributed by atoms with van der Waals surface area (Å²) in [4.78, 5) is 8.27. The van der Waals surface area contributed by atoms with Crippen LogP contribution in [-0.4, -0.2) is 43.5 Å². The second kappa shape index (κ2) is 8.87. The number of hydrogen-bond acceptors (Lipinski definition) is 9. The van der Waals surface area contributed by atoms with Crippen molar-refractivity contribution in [1.82, 2.24) is 20.6 Å². The van der Waals surface area contributed by atoms with E-state index in [9.17, 15) is 21.6 Å². The van der Waals surface area contributed by atoms with Gasteiger partial charge in [-0.15, -0.1) is 0 Å². The number of halogens is 4. The van der Waals surface area contributed by atoms with E-state index in [1.165, 1.54) is 6.07 Å². The molecule has 0 spiro atoms. The van der Waals surface area contributed by atoms with Crippen LogP contribution in [0, 0.1) is 0 Å². The standard InChI is InChI=1S/C19H22ClF3N6O3S/c1-9(10-4-11(19(21,22)23)6-12(24)5-10)27-16-15-13(28-18(20)29-16)7-26-17(15)33(30,31)14-8-25-2-3-32-14/h4-6,9,14,17,25-26H,2-3,7-8,24H2,1H3,(H,27,28,29)/t9-,14?,17?/m1/s1. The first-order valence-electron chi connectivity index (χ1n) is 10.1. The topological polar surface area (TPSA) is 131 Å². The number of morpholine rings is 1. The Kier molecular flexibility index (Phi) is 6.44. The Labute approximate surface area is 193 Å². The van der Waals surface area contributed by atoms with Gasteiger partial charge in [-0.25, -0.2) is 18.4 Å². The van der Waals surface area contributed by atoms with Gasteiger partial charge in [0.15, 0.2) is 15.3 Å². The van der Waals surface area contributed by atoms with Crippen molar-refractivity contribution in [3.05, 3.63) is 45.9 Å². The largest absolute Gasteiger partial charge is 0.416 e. The van der Waals surface area contributed by atoms with Gasteiger partial charge in [-0.2, -0.15) is 13.2 Å². The number of nitrogens with two attached hydrogens (primary N) is 1. The highest BCUT2D eigenvalue weighted by molar-refractivity contribution is 7.92. The summed E-state index contributed by atoms with van der Waals surface area (Å²) >= 11 is 6.04. The first kappa shape index (κ1) is 24.0. The van der Waals surface area contributed by atoms with Gasteiger partial charge in [-0.3, -0.25) is 5.32 Å². The Morgan fingerprint density at radius 2 is 2.06 bits per heavy atom. The molecule has 3 atom stereocenters. The van der Waals surface area contributed by atoms with Gasteiger partial charge in [-0.05, 0) is 42.3 Å². The minimum Gasteiger partial charge on any atom is -0.399 e. The molecular formula is C19H22ClF3N6O3S. The molecule has 3 heterocycles. The number of nitrogens with one attached hydrogen (secondary N) is 3. The molecule has 0 amide bonds. The van der Waals surface area contributed by atoms with Crippen LogP contribution >= 0.6 is 11.6 Å². The molecular weight excluding hydrogens is 485 g/mol. The summed E-state index contributed by atoms with van der Waals surface area (Å²) in [6.07, 6.45) is -4.57. The predicted molar refractivity (Wildman–Crippen MR) is 116 cm³/mol. The third kappa shape index (κ3) is 4.87. The Bertz CT molecular complexity index is 1160. The van der Waals surface area contributed by atoms with Crippen LogP contribution in [-0.2, 0) is 27.3 Å². The number of sulfone groups is 1. The number of anilines is 2. The highest BCUT2D eigenvalue weighted by Gasteiger charge is 2.43. The molecule has 5 N–H and O–H groups in total. The lowest BCUT2D eigenvalue weighted by Crippen LogP contribution is -2.46. The van der Waals surface area contributed by atoms with Crippen molar-refractivity contribution in [3.63, 3.8) is 0 Å². The van der Waals surface area contributed by atoms with Gasteiger partial charge in [-0.1, -0.05) is 0 Å². The summed E-state index contributed by atoms with van der Waals surface area (Å²) in [6.45, 7) is 2.66. The molecule has 4 rings (SSSR count). The van der Waals surface area contributed by atoms with E-state index >= 15 is 0 Å². The normalized spacial score (nSPS) is 22.1. The minimum absolute atomic E-state index is 0.0523. The van der Waals surface area contributed by atoms with E-state index in [1.54, 1.807) is 6.92 Å². The van der Waals surface area contributed by atoms with Gasteiger partial charge in [0.1, 0.15) is 11.2 Å². The van der Waals surface area contributed by atoms with E-state index in [-0.39, 0.29) is 47.6 Å². The lowest BCUT2D eigenvalue weighted by molar-refractivity contribution is -0.137. The van der Waals surface area contributed by atoms with E-state index in [1.807, 2.05) is 0 Å². The fraction of sp³-hybridized carbons (Fsp3) is 0.474.